The molecule has 1 aromatic carbocycles. The van der Waals surface area contributed by atoms with Crippen LogP contribution in [0.4, 0.5) is 0 Å². The van der Waals surface area contributed by atoms with Crippen molar-refractivity contribution in [2.24, 2.45) is 0 Å². The first-order chi connectivity index (χ1) is 9.11. The van der Waals surface area contributed by atoms with Crippen LogP contribution in [0.25, 0.3) is 0 Å². The number of aliphatic hydroxyl groups excluding tert-OH is 1. The van der Waals surface area contributed by atoms with Crippen molar-refractivity contribution >= 4 is 7.60 Å². The van der Waals surface area contributed by atoms with E-state index in [4.69, 9.17) is 9.05 Å². The van der Waals surface area contributed by atoms with Crippen molar-refractivity contribution in [1.29, 1.82) is 0 Å². The molecule has 5 heteroatoms. The smallest absolute Gasteiger partial charge is 0.330 e. The van der Waals surface area contributed by atoms with Crippen LogP contribution in [-0.2, 0) is 13.6 Å². The Balaban J connectivity index is 2.42. The normalized spacial score (nSPS) is 13.4. The summed E-state index contributed by atoms with van der Waals surface area (Å²) in [7, 11) is -2.98. The topological polar surface area (TPSA) is 55.8 Å². The van der Waals surface area contributed by atoms with E-state index in [1.807, 2.05) is 30.3 Å². The maximum absolute atomic E-state index is 12.2. The van der Waals surface area contributed by atoms with Gasteiger partial charge in [0, 0.05) is 0 Å². The third-order valence-electron chi connectivity index (χ3n) is 2.75. The molecule has 1 unspecified atom stereocenters. The van der Waals surface area contributed by atoms with Gasteiger partial charge in [0.1, 0.15) is 0 Å². The Labute approximate surface area is 115 Å². The van der Waals surface area contributed by atoms with E-state index in [2.05, 4.69) is 0 Å². The second-order valence-electron chi connectivity index (χ2n) is 4.24. The van der Waals surface area contributed by atoms with Crippen LogP contribution in [0.5, 0.6) is 0 Å². The maximum atomic E-state index is 12.2. The zero-order valence-electron chi connectivity index (χ0n) is 11.6. The van der Waals surface area contributed by atoms with Crippen molar-refractivity contribution in [3.05, 3.63) is 35.9 Å². The molecular weight excluding hydrogens is 263 g/mol. The van der Waals surface area contributed by atoms with Crippen molar-refractivity contribution in [2.45, 2.75) is 32.8 Å². The highest BCUT2D eigenvalue weighted by molar-refractivity contribution is 7.53. The Kier molecular flexibility index (Phi) is 7.32. The largest absolute Gasteiger partial charge is 0.388 e. The molecule has 1 aromatic rings. The second-order valence-corrected chi connectivity index (χ2v) is 6.42. The lowest BCUT2D eigenvalue weighted by atomic mass is 10.1. The minimum atomic E-state index is -2.98. The fourth-order valence-electron chi connectivity index (χ4n) is 1.88. The number of benzene rings is 1. The lowest BCUT2D eigenvalue weighted by Gasteiger charge is -2.17. The van der Waals surface area contributed by atoms with Crippen LogP contribution >= 0.6 is 7.60 Å². The van der Waals surface area contributed by atoms with Crippen LogP contribution < -0.4 is 0 Å². The molecule has 0 aliphatic rings. The molecule has 0 spiro atoms. The molecule has 19 heavy (non-hydrogen) atoms. The van der Waals surface area contributed by atoms with Crippen LogP contribution in [0.3, 0.4) is 0 Å². The Hall–Kier alpha value is -0.670. The van der Waals surface area contributed by atoms with Crippen molar-refractivity contribution in [1.82, 2.24) is 0 Å². The van der Waals surface area contributed by atoms with E-state index in [0.29, 0.717) is 32.2 Å². The van der Waals surface area contributed by atoms with Gasteiger partial charge < -0.3 is 14.2 Å². The number of rotatable bonds is 9. The molecule has 0 amide bonds. The standard InChI is InChI=1S/C14H23O4P/c1-3-17-19(16,18-4-2)12-8-11-14(15)13-9-6-5-7-10-13/h5-7,9-10,14-15H,3-4,8,11-12H2,1-2H3. The predicted octanol–water partition coefficient (Wildman–Crippen LogP) is 3.77. The van der Waals surface area contributed by atoms with Gasteiger partial charge in [-0.3, -0.25) is 4.57 Å². The van der Waals surface area contributed by atoms with Gasteiger partial charge in [-0.25, -0.2) is 0 Å². The Morgan fingerprint density at radius 1 is 1.16 bits per heavy atom. The number of hydrogen-bond acceptors (Lipinski definition) is 4. The summed E-state index contributed by atoms with van der Waals surface area (Å²) in [6.45, 7) is 4.34. The first kappa shape index (κ1) is 16.4. The minimum Gasteiger partial charge on any atom is -0.388 e. The van der Waals surface area contributed by atoms with Gasteiger partial charge in [0.05, 0.1) is 25.5 Å². The first-order valence-corrected chi connectivity index (χ1v) is 8.45. The molecule has 1 rings (SSSR count). The minimum absolute atomic E-state index is 0.346. The first-order valence-electron chi connectivity index (χ1n) is 6.72. The highest BCUT2D eigenvalue weighted by atomic mass is 31.2. The molecule has 108 valence electrons. The average molecular weight is 286 g/mol. The molecule has 0 saturated carbocycles. The van der Waals surface area contributed by atoms with Gasteiger partial charge in [-0.05, 0) is 32.3 Å². The van der Waals surface area contributed by atoms with Gasteiger partial charge in [-0.1, -0.05) is 30.3 Å². The summed E-state index contributed by atoms with van der Waals surface area (Å²) in [4.78, 5) is 0. The molecule has 0 radical (unpaired) electrons. The van der Waals surface area contributed by atoms with E-state index in [-0.39, 0.29) is 0 Å². The quantitative estimate of drug-likeness (QED) is 0.702. The molecule has 0 aliphatic carbocycles. The highest BCUT2D eigenvalue weighted by Crippen LogP contribution is 2.49. The van der Waals surface area contributed by atoms with Crippen LogP contribution in [-0.4, -0.2) is 24.5 Å². The van der Waals surface area contributed by atoms with Crippen LogP contribution in [0.15, 0.2) is 30.3 Å². The third-order valence-corrected chi connectivity index (χ3v) is 4.91. The Bertz CT molecular complexity index is 384. The molecule has 1 atom stereocenters. The summed E-state index contributed by atoms with van der Waals surface area (Å²) in [5.41, 5.74) is 0.880. The zero-order valence-corrected chi connectivity index (χ0v) is 12.5. The summed E-state index contributed by atoms with van der Waals surface area (Å²) >= 11 is 0. The van der Waals surface area contributed by atoms with Crippen molar-refractivity contribution in [2.75, 3.05) is 19.4 Å². The van der Waals surface area contributed by atoms with Crippen LogP contribution in [0.2, 0.25) is 0 Å². The molecule has 0 bridgehead atoms. The molecule has 0 saturated heterocycles. The predicted molar refractivity (Wildman–Crippen MR) is 76.4 cm³/mol. The van der Waals surface area contributed by atoms with E-state index in [1.165, 1.54) is 0 Å². The van der Waals surface area contributed by atoms with Crippen LogP contribution in [0.1, 0.15) is 38.4 Å². The molecule has 0 aliphatic heterocycles. The molecule has 0 fully saturated rings. The van der Waals surface area contributed by atoms with E-state index in [0.717, 1.165) is 5.56 Å². The Morgan fingerprint density at radius 2 is 1.74 bits per heavy atom. The summed E-state index contributed by atoms with van der Waals surface area (Å²) in [6.07, 6.45) is 0.970. The van der Waals surface area contributed by atoms with Gasteiger partial charge in [-0.2, -0.15) is 0 Å². The molecular formula is C14H23O4P. The summed E-state index contributed by atoms with van der Waals surface area (Å²) in [5.74, 6) is 0. The van der Waals surface area contributed by atoms with Crippen molar-refractivity contribution < 1.29 is 18.7 Å². The maximum Gasteiger partial charge on any atom is 0.330 e. The Morgan fingerprint density at radius 3 is 2.26 bits per heavy atom. The lowest BCUT2D eigenvalue weighted by molar-refractivity contribution is 0.164. The van der Waals surface area contributed by atoms with Crippen molar-refractivity contribution in [3.8, 4) is 0 Å². The summed E-state index contributed by atoms with van der Waals surface area (Å²) < 4.78 is 22.6. The molecule has 4 nitrogen and oxygen atoms in total. The van der Waals surface area contributed by atoms with E-state index in [9.17, 15) is 9.67 Å². The number of hydrogen-bond donors (Lipinski definition) is 1. The molecule has 0 aromatic heterocycles. The van der Waals surface area contributed by atoms with E-state index >= 15 is 0 Å². The monoisotopic (exact) mass is 286 g/mol. The SMILES string of the molecule is CCOP(=O)(CCCC(O)c1ccccc1)OCC. The zero-order chi connectivity index (χ0) is 14.1. The highest BCUT2D eigenvalue weighted by Gasteiger charge is 2.23. The second kappa shape index (κ2) is 8.49. The van der Waals surface area contributed by atoms with Gasteiger partial charge in [-0.15, -0.1) is 0 Å². The lowest BCUT2D eigenvalue weighted by Crippen LogP contribution is -2.03. The summed E-state index contributed by atoms with van der Waals surface area (Å²) in [5, 5.41) is 10.0. The summed E-state index contributed by atoms with van der Waals surface area (Å²) in [6, 6.07) is 9.47. The van der Waals surface area contributed by atoms with Gasteiger partial charge in [0.2, 0.25) is 0 Å². The van der Waals surface area contributed by atoms with E-state index < -0.39 is 13.7 Å². The molecule has 1 N–H and O–H groups in total. The average Bonchev–Trinajstić information content (AvgIpc) is 2.40. The van der Waals surface area contributed by atoms with Gasteiger partial charge in [0.15, 0.2) is 0 Å². The van der Waals surface area contributed by atoms with Gasteiger partial charge >= 0.3 is 7.60 Å². The fraction of sp³-hybridized carbons (Fsp3) is 0.571. The van der Waals surface area contributed by atoms with Crippen LogP contribution in [0, 0.1) is 0 Å². The number of aliphatic hydroxyl groups is 1. The van der Waals surface area contributed by atoms with Crippen molar-refractivity contribution in [3.63, 3.8) is 0 Å². The molecule has 0 heterocycles. The van der Waals surface area contributed by atoms with E-state index in [1.54, 1.807) is 13.8 Å². The fourth-order valence-corrected chi connectivity index (χ4v) is 3.57. The van der Waals surface area contributed by atoms with Gasteiger partial charge in [0.25, 0.3) is 0 Å². The third kappa shape index (κ3) is 5.87.